The van der Waals surface area contributed by atoms with Gasteiger partial charge in [0.25, 0.3) is 0 Å². The Morgan fingerprint density at radius 1 is 1.32 bits per heavy atom. The van der Waals surface area contributed by atoms with Gasteiger partial charge in [0.2, 0.25) is 5.78 Å². The van der Waals surface area contributed by atoms with Crippen LogP contribution in [-0.2, 0) is 16.8 Å². The maximum Gasteiger partial charge on any atom is 0.245 e. The number of fused-ring (bicyclic) bond motifs is 1. The molecule has 0 spiro atoms. The predicted molar refractivity (Wildman–Crippen MR) is 89.4 cm³/mol. The lowest BCUT2D eigenvalue weighted by Crippen LogP contribution is -2.25. The predicted octanol–water partition coefficient (Wildman–Crippen LogP) is 2.17. The number of carbonyl (C=O) groups is 2. The van der Waals surface area contributed by atoms with E-state index in [9.17, 15) is 19.8 Å². The first-order chi connectivity index (χ1) is 11.7. The summed E-state index contributed by atoms with van der Waals surface area (Å²) in [6.07, 6.45) is 0.861. The molecular weight excluding hydrogens is 346 g/mol. The number of benzene rings is 1. The minimum Gasteiger partial charge on any atom is -0.550 e. The molecule has 0 amide bonds. The summed E-state index contributed by atoms with van der Waals surface area (Å²) in [4.78, 5) is 27.0. The number of ketones is 1. The quantitative estimate of drug-likeness (QED) is 0.678. The van der Waals surface area contributed by atoms with E-state index in [4.69, 9.17) is 16.0 Å². The van der Waals surface area contributed by atoms with Crippen LogP contribution < -0.4 is 5.11 Å². The van der Waals surface area contributed by atoms with Crippen LogP contribution in [0.3, 0.4) is 0 Å². The Kier molecular flexibility index (Phi) is 4.18. The van der Waals surface area contributed by atoms with Gasteiger partial charge in [0.15, 0.2) is 5.76 Å². The molecule has 2 N–H and O–H groups in total. The summed E-state index contributed by atoms with van der Waals surface area (Å²) in [6.45, 7) is 3.06. The molecular formula is C18H15ClNO5-. The number of hydrogen-bond acceptors (Lipinski definition) is 5. The Morgan fingerprint density at radius 2 is 2.04 bits per heavy atom. The summed E-state index contributed by atoms with van der Waals surface area (Å²) in [5, 5.41) is 22.4. The van der Waals surface area contributed by atoms with E-state index in [0.29, 0.717) is 21.5 Å². The highest BCUT2D eigenvalue weighted by molar-refractivity contribution is 6.31. The lowest BCUT2D eigenvalue weighted by Gasteiger charge is -2.16. The van der Waals surface area contributed by atoms with Crippen molar-refractivity contribution in [3.8, 4) is 0 Å². The van der Waals surface area contributed by atoms with Gasteiger partial charge in [-0.2, -0.15) is 0 Å². The Morgan fingerprint density at radius 3 is 2.68 bits per heavy atom. The highest BCUT2D eigenvalue weighted by atomic mass is 35.5. The minimum absolute atomic E-state index is 0.0512. The highest BCUT2D eigenvalue weighted by Gasteiger charge is 2.29. The van der Waals surface area contributed by atoms with Crippen molar-refractivity contribution < 1.29 is 24.2 Å². The van der Waals surface area contributed by atoms with Gasteiger partial charge in [-0.3, -0.25) is 4.79 Å². The average molecular weight is 361 g/mol. The van der Waals surface area contributed by atoms with E-state index < -0.39 is 23.8 Å². The highest BCUT2D eigenvalue weighted by Crippen LogP contribution is 2.31. The molecule has 0 atom stereocenters. The molecule has 1 aromatic carbocycles. The summed E-state index contributed by atoms with van der Waals surface area (Å²) in [6, 6.07) is 6.36. The molecule has 0 aliphatic heterocycles. The largest absolute Gasteiger partial charge is 0.550 e. The van der Waals surface area contributed by atoms with Crippen molar-refractivity contribution in [2.45, 2.75) is 25.9 Å². The van der Waals surface area contributed by atoms with Crippen LogP contribution in [0.1, 0.15) is 41.2 Å². The van der Waals surface area contributed by atoms with Crippen molar-refractivity contribution in [3.63, 3.8) is 0 Å². The maximum atomic E-state index is 12.9. The van der Waals surface area contributed by atoms with Crippen molar-refractivity contribution in [2.24, 2.45) is 0 Å². The van der Waals surface area contributed by atoms with Crippen molar-refractivity contribution in [2.75, 3.05) is 0 Å². The van der Waals surface area contributed by atoms with Gasteiger partial charge >= 0.3 is 0 Å². The van der Waals surface area contributed by atoms with E-state index in [0.717, 1.165) is 0 Å². The molecule has 3 aromatic rings. The van der Waals surface area contributed by atoms with Crippen LogP contribution in [0.15, 0.2) is 34.9 Å². The fraction of sp³-hybridized carbons (Fsp3) is 0.222. The zero-order valence-corrected chi connectivity index (χ0v) is 14.3. The molecule has 0 saturated carbocycles. The Bertz CT molecular complexity index is 977. The van der Waals surface area contributed by atoms with Gasteiger partial charge in [0.05, 0.1) is 17.6 Å². The first kappa shape index (κ1) is 17.3. The molecule has 0 aliphatic carbocycles. The van der Waals surface area contributed by atoms with Gasteiger partial charge in [0.1, 0.15) is 0 Å². The third-order valence-electron chi connectivity index (χ3n) is 3.95. The zero-order valence-electron chi connectivity index (χ0n) is 13.6. The third-order valence-corrected chi connectivity index (χ3v) is 4.18. The monoisotopic (exact) mass is 360 g/mol. The van der Waals surface area contributed by atoms with Crippen LogP contribution in [0.25, 0.3) is 10.9 Å². The van der Waals surface area contributed by atoms with Crippen LogP contribution in [-0.4, -0.2) is 21.8 Å². The molecule has 0 aliphatic rings. The van der Waals surface area contributed by atoms with Crippen molar-refractivity contribution >= 4 is 34.3 Å². The summed E-state index contributed by atoms with van der Waals surface area (Å²) in [5.74, 6) is -1.91. The number of carbonyl (C=O) groups excluding carboxylic acids is 2. The van der Waals surface area contributed by atoms with Gasteiger partial charge in [-0.25, -0.2) is 0 Å². The SMILES string of the molecule is CC(C)(O)c1ccoc1C(=O)c1[nH]c2cc(Cl)ccc2c1CC(=O)[O-]. The van der Waals surface area contributed by atoms with Crippen LogP contribution >= 0.6 is 11.6 Å². The molecule has 3 rings (SSSR count). The minimum atomic E-state index is -1.31. The van der Waals surface area contributed by atoms with Crippen molar-refractivity contribution in [1.29, 1.82) is 0 Å². The van der Waals surface area contributed by atoms with Crippen molar-refractivity contribution in [1.82, 2.24) is 4.98 Å². The molecule has 130 valence electrons. The fourth-order valence-corrected chi connectivity index (χ4v) is 3.00. The molecule has 0 fully saturated rings. The molecule has 7 heteroatoms. The van der Waals surface area contributed by atoms with Gasteiger partial charge in [-0.05, 0) is 37.6 Å². The summed E-state index contributed by atoms with van der Waals surface area (Å²) in [7, 11) is 0. The van der Waals surface area contributed by atoms with Crippen molar-refractivity contribution in [3.05, 3.63) is 58.1 Å². The second-order valence-corrected chi connectivity index (χ2v) is 6.71. The molecule has 0 unspecified atom stereocenters. The van der Waals surface area contributed by atoms with Crippen LogP contribution in [0, 0.1) is 0 Å². The average Bonchev–Trinajstić information content (AvgIpc) is 3.11. The number of carboxylic acids is 1. The summed E-state index contributed by atoms with van der Waals surface area (Å²) in [5.41, 5.74) is -0.0873. The van der Waals surface area contributed by atoms with Gasteiger partial charge < -0.3 is 24.4 Å². The van der Waals surface area contributed by atoms with Gasteiger partial charge in [-0.15, -0.1) is 0 Å². The third kappa shape index (κ3) is 3.18. The number of furan rings is 1. The van der Waals surface area contributed by atoms with E-state index in [2.05, 4.69) is 4.98 Å². The van der Waals surface area contributed by atoms with E-state index in [1.807, 2.05) is 0 Å². The van der Waals surface area contributed by atoms with Crippen LogP contribution in [0.5, 0.6) is 0 Å². The summed E-state index contributed by atoms with van der Waals surface area (Å²) < 4.78 is 5.27. The normalized spacial score (nSPS) is 11.8. The molecule has 0 saturated heterocycles. The zero-order chi connectivity index (χ0) is 18.4. The number of rotatable bonds is 5. The van der Waals surface area contributed by atoms with Crippen LogP contribution in [0.4, 0.5) is 0 Å². The van der Waals surface area contributed by atoms with E-state index in [1.54, 1.807) is 18.2 Å². The van der Waals surface area contributed by atoms with E-state index in [1.165, 1.54) is 26.2 Å². The van der Waals surface area contributed by atoms with Gasteiger partial charge in [-0.1, -0.05) is 17.7 Å². The lowest BCUT2D eigenvalue weighted by atomic mass is 9.95. The second kappa shape index (κ2) is 6.06. The Labute approximate surface area is 148 Å². The topological polar surface area (TPSA) is 106 Å². The standard InChI is InChI=1S/C18H16ClNO5/c1-18(2,24)12-5-6-25-17(12)16(23)15-11(8-14(21)22)10-4-3-9(19)7-13(10)20-15/h3-7,20,24H,8H2,1-2H3,(H,21,22)/p-1. The number of nitrogens with one attached hydrogen (secondary N) is 1. The number of aliphatic carboxylic acids is 1. The molecule has 0 radical (unpaired) electrons. The Hall–Kier alpha value is -2.57. The van der Waals surface area contributed by atoms with E-state index >= 15 is 0 Å². The first-order valence-corrected chi connectivity index (χ1v) is 7.91. The molecule has 25 heavy (non-hydrogen) atoms. The first-order valence-electron chi connectivity index (χ1n) is 7.53. The summed E-state index contributed by atoms with van der Waals surface area (Å²) >= 11 is 5.97. The molecule has 2 heterocycles. The lowest BCUT2D eigenvalue weighted by molar-refractivity contribution is -0.304. The number of hydrogen-bond donors (Lipinski definition) is 2. The number of carboxylic acid groups (broad SMARTS) is 1. The molecule has 2 aromatic heterocycles. The van der Waals surface area contributed by atoms with Gasteiger partial charge in [0, 0.05) is 33.9 Å². The second-order valence-electron chi connectivity index (χ2n) is 6.27. The van der Waals surface area contributed by atoms with Crippen LogP contribution in [0.2, 0.25) is 5.02 Å². The smallest absolute Gasteiger partial charge is 0.245 e. The number of aromatic nitrogens is 1. The number of aromatic amines is 1. The van der Waals surface area contributed by atoms with E-state index in [-0.39, 0.29) is 17.0 Å². The number of H-pyrrole nitrogens is 1. The Balaban J connectivity index is 2.19. The maximum absolute atomic E-state index is 12.9. The number of aliphatic hydroxyl groups is 1. The fourth-order valence-electron chi connectivity index (χ4n) is 2.83. The molecule has 6 nitrogen and oxygen atoms in total. The molecule has 0 bridgehead atoms. The number of halogens is 1.